The Morgan fingerprint density at radius 1 is 1.35 bits per heavy atom. The van der Waals surface area contributed by atoms with Crippen LogP contribution in [0.15, 0.2) is 30.3 Å². The Morgan fingerprint density at radius 3 is 3.00 bits per heavy atom. The monoisotopic (exact) mass is 226 g/mol. The van der Waals surface area contributed by atoms with Gasteiger partial charge in [-0.25, -0.2) is 0 Å². The topological polar surface area (TPSA) is 48.0 Å². The van der Waals surface area contributed by atoms with E-state index >= 15 is 0 Å². The van der Waals surface area contributed by atoms with Gasteiger partial charge in [-0.05, 0) is 30.5 Å². The van der Waals surface area contributed by atoms with Crippen molar-refractivity contribution in [1.29, 1.82) is 0 Å². The van der Waals surface area contributed by atoms with E-state index < -0.39 is 0 Å². The van der Waals surface area contributed by atoms with Crippen LogP contribution in [0.4, 0.5) is 0 Å². The molecule has 0 bridgehead atoms. The summed E-state index contributed by atoms with van der Waals surface area (Å²) in [4.78, 5) is 11.2. The minimum Gasteiger partial charge on any atom is -0.368 e. The summed E-state index contributed by atoms with van der Waals surface area (Å²) in [5.41, 5.74) is 8.90. The van der Waals surface area contributed by atoms with Crippen molar-refractivity contribution in [2.45, 2.75) is 19.4 Å². The Bertz CT molecular complexity index is 622. The number of fused-ring (bicyclic) bond motifs is 3. The number of carbonyl (C=O) groups excluding carboxylic acids is 1. The van der Waals surface area contributed by atoms with Gasteiger partial charge in [-0.2, -0.15) is 0 Å². The fourth-order valence-electron chi connectivity index (χ4n) is 2.60. The molecule has 86 valence electrons. The van der Waals surface area contributed by atoms with Crippen molar-refractivity contribution in [3.05, 3.63) is 41.6 Å². The number of para-hydroxylation sites is 1. The zero-order valence-electron chi connectivity index (χ0n) is 9.52. The molecule has 1 aromatic carbocycles. The molecule has 0 spiro atoms. The zero-order valence-corrected chi connectivity index (χ0v) is 9.52. The van der Waals surface area contributed by atoms with E-state index in [0.29, 0.717) is 0 Å². The zero-order chi connectivity index (χ0) is 11.8. The number of amides is 1. The van der Waals surface area contributed by atoms with Gasteiger partial charge in [-0.3, -0.25) is 4.79 Å². The van der Waals surface area contributed by atoms with Gasteiger partial charge in [0, 0.05) is 16.6 Å². The highest BCUT2D eigenvalue weighted by molar-refractivity contribution is 5.90. The van der Waals surface area contributed by atoms with Crippen molar-refractivity contribution in [3.63, 3.8) is 0 Å². The number of nitrogens with two attached hydrogens (primary N) is 1. The minimum absolute atomic E-state index is 0.250. The largest absolute Gasteiger partial charge is 0.368 e. The summed E-state index contributed by atoms with van der Waals surface area (Å²) in [5, 5.41) is 1.24. The summed E-state index contributed by atoms with van der Waals surface area (Å²) in [6.07, 6.45) is 6.36. The first kappa shape index (κ1) is 10.1. The van der Waals surface area contributed by atoms with Gasteiger partial charge in [0.05, 0.1) is 0 Å². The molecule has 1 aliphatic carbocycles. The molecule has 0 unspecified atom stereocenters. The number of hydrogen-bond donors (Lipinski definition) is 1. The van der Waals surface area contributed by atoms with Gasteiger partial charge in [0.1, 0.15) is 6.54 Å². The lowest BCUT2D eigenvalue weighted by atomic mass is 10.0. The number of nitrogens with zero attached hydrogens (tertiary/aromatic N) is 1. The first-order valence-corrected chi connectivity index (χ1v) is 5.82. The summed E-state index contributed by atoms with van der Waals surface area (Å²) in [6.45, 7) is 0.250. The van der Waals surface area contributed by atoms with Crippen molar-refractivity contribution < 1.29 is 4.79 Å². The predicted molar refractivity (Wildman–Crippen MR) is 68.5 cm³/mol. The summed E-state index contributed by atoms with van der Waals surface area (Å²) < 4.78 is 2.02. The third kappa shape index (κ3) is 1.55. The van der Waals surface area contributed by atoms with E-state index in [1.807, 2.05) is 22.8 Å². The SMILES string of the molecule is NC(=O)Cn1c2c(c3ccccc31)CCC=C2. The molecule has 0 saturated heterocycles. The molecular formula is C14H14N2O. The fraction of sp³-hybridized carbons (Fsp3) is 0.214. The van der Waals surface area contributed by atoms with Gasteiger partial charge < -0.3 is 10.3 Å². The molecule has 3 rings (SSSR count). The van der Waals surface area contributed by atoms with Crippen molar-refractivity contribution in [3.8, 4) is 0 Å². The minimum atomic E-state index is -0.299. The van der Waals surface area contributed by atoms with Crippen LogP contribution in [-0.2, 0) is 17.8 Å². The van der Waals surface area contributed by atoms with Crippen LogP contribution in [0.5, 0.6) is 0 Å². The van der Waals surface area contributed by atoms with Crippen molar-refractivity contribution in [2.24, 2.45) is 5.73 Å². The Kier molecular flexibility index (Phi) is 2.25. The number of hydrogen-bond acceptors (Lipinski definition) is 1. The van der Waals surface area contributed by atoms with Crippen molar-refractivity contribution in [2.75, 3.05) is 0 Å². The van der Waals surface area contributed by atoms with E-state index in [9.17, 15) is 4.79 Å². The molecule has 1 heterocycles. The number of carbonyl (C=O) groups is 1. The first-order valence-electron chi connectivity index (χ1n) is 5.82. The summed E-state index contributed by atoms with van der Waals surface area (Å²) in [7, 11) is 0. The Balaban J connectivity index is 2.32. The van der Waals surface area contributed by atoms with Crippen LogP contribution >= 0.6 is 0 Å². The van der Waals surface area contributed by atoms with Crippen LogP contribution in [0.3, 0.4) is 0 Å². The van der Waals surface area contributed by atoms with E-state index in [-0.39, 0.29) is 12.5 Å². The summed E-state index contributed by atoms with van der Waals surface area (Å²) >= 11 is 0. The molecule has 1 aliphatic rings. The maximum atomic E-state index is 11.2. The average Bonchev–Trinajstić information content (AvgIpc) is 2.65. The average molecular weight is 226 g/mol. The van der Waals surface area contributed by atoms with Crippen molar-refractivity contribution in [1.82, 2.24) is 4.57 Å². The van der Waals surface area contributed by atoms with E-state index in [4.69, 9.17) is 5.73 Å². The lowest BCUT2D eigenvalue weighted by Crippen LogP contribution is -2.19. The van der Waals surface area contributed by atoms with Crippen LogP contribution in [0.2, 0.25) is 0 Å². The van der Waals surface area contributed by atoms with Gasteiger partial charge >= 0.3 is 0 Å². The number of allylic oxidation sites excluding steroid dienone is 1. The first-order chi connectivity index (χ1) is 8.27. The molecule has 2 aromatic rings. The van der Waals surface area contributed by atoms with Crippen LogP contribution in [0.25, 0.3) is 17.0 Å². The number of rotatable bonds is 2. The summed E-state index contributed by atoms with van der Waals surface area (Å²) in [6, 6.07) is 8.19. The smallest absolute Gasteiger partial charge is 0.237 e. The lowest BCUT2D eigenvalue weighted by Gasteiger charge is -2.09. The second-order valence-electron chi connectivity index (χ2n) is 4.37. The number of aryl methyl sites for hydroxylation is 1. The van der Waals surface area contributed by atoms with Crippen LogP contribution in [0.1, 0.15) is 17.7 Å². The second-order valence-corrected chi connectivity index (χ2v) is 4.37. The third-order valence-corrected chi connectivity index (χ3v) is 3.27. The Morgan fingerprint density at radius 2 is 2.18 bits per heavy atom. The molecule has 0 atom stereocenters. The van der Waals surface area contributed by atoms with E-state index in [1.54, 1.807) is 0 Å². The van der Waals surface area contributed by atoms with E-state index in [2.05, 4.69) is 18.2 Å². The molecular weight excluding hydrogens is 212 g/mol. The number of benzene rings is 1. The second kappa shape index (κ2) is 3.77. The molecule has 1 amide bonds. The highest BCUT2D eigenvalue weighted by atomic mass is 16.1. The van der Waals surface area contributed by atoms with Gasteiger partial charge in [0.2, 0.25) is 5.91 Å². The summed E-state index contributed by atoms with van der Waals surface area (Å²) in [5.74, 6) is -0.299. The third-order valence-electron chi connectivity index (χ3n) is 3.27. The standard InChI is InChI=1S/C14H14N2O/c15-14(17)9-16-12-7-3-1-5-10(12)11-6-2-4-8-13(11)16/h1,3-5,7-8H,2,6,9H2,(H2,15,17). The molecule has 1 aromatic heterocycles. The normalized spacial score (nSPS) is 13.9. The lowest BCUT2D eigenvalue weighted by molar-refractivity contribution is -0.118. The highest BCUT2D eigenvalue weighted by Crippen LogP contribution is 2.30. The molecule has 0 saturated carbocycles. The van der Waals surface area contributed by atoms with Crippen molar-refractivity contribution >= 4 is 22.9 Å². The van der Waals surface area contributed by atoms with Gasteiger partial charge in [-0.15, -0.1) is 0 Å². The predicted octanol–water partition coefficient (Wildman–Crippen LogP) is 2.09. The molecule has 0 aliphatic heterocycles. The van der Waals surface area contributed by atoms with Gasteiger partial charge in [-0.1, -0.05) is 24.3 Å². The molecule has 0 fully saturated rings. The van der Waals surface area contributed by atoms with E-state index in [0.717, 1.165) is 24.1 Å². The number of aromatic nitrogens is 1. The van der Waals surface area contributed by atoms with Gasteiger partial charge in [0.15, 0.2) is 0 Å². The van der Waals surface area contributed by atoms with Crippen LogP contribution in [0, 0.1) is 0 Å². The maximum absolute atomic E-state index is 11.2. The molecule has 17 heavy (non-hydrogen) atoms. The van der Waals surface area contributed by atoms with E-state index in [1.165, 1.54) is 10.9 Å². The van der Waals surface area contributed by atoms with Crippen LogP contribution in [-0.4, -0.2) is 10.5 Å². The fourth-order valence-corrected chi connectivity index (χ4v) is 2.60. The quantitative estimate of drug-likeness (QED) is 0.837. The number of primary amides is 1. The molecule has 0 radical (unpaired) electrons. The Hall–Kier alpha value is -2.03. The van der Waals surface area contributed by atoms with Gasteiger partial charge in [0.25, 0.3) is 0 Å². The highest BCUT2D eigenvalue weighted by Gasteiger charge is 2.17. The molecule has 3 heteroatoms. The molecule has 2 N–H and O–H groups in total. The maximum Gasteiger partial charge on any atom is 0.237 e. The Labute approximate surface area is 99.5 Å². The molecule has 3 nitrogen and oxygen atoms in total. The van der Waals surface area contributed by atoms with Crippen LogP contribution < -0.4 is 5.73 Å².